The number of rotatable bonds is 7. The van der Waals surface area contributed by atoms with E-state index in [-0.39, 0.29) is 11.9 Å². The van der Waals surface area contributed by atoms with Crippen LogP contribution in [-0.2, 0) is 4.79 Å². The van der Waals surface area contributed by atoms with Gasteiger partial charge in [0.15, 0.2) is 6.04 Å². The van der Waals surface area contributed by atoms with Gasteiger partial charge in [0, 0.05) is 18.3 Å². The second kappa shape index (κ2) is 9.79. The maximum Gasteiger partial charge on any atom is 0.278 e. The minimum absolute atomic E-state index is 0.0118. The van der Waals surface area contributed by atoms with E-state index in [1.54, 1.807) is 7.11 Å². The van der Waals surface area contributed by atoms with Gasteiger partial charge in [-0.1, -0.05) is 17.7 Å². The molecule has 1 aromatic rings. The van der Waals surface area contributed by atoms with E-state index in [0.717, 1.165) is 44.9 Å². The molecule has 1 aliphatic heterocycles. The van der Waals surface area contributed by atoms with Crippen LogP contribution in [0.1, 0.15) is 39.0 Å². The molecular weight excluding hydrogens is 338 g/mol. The highest BCUT2D eigenvalue weighted by molar-refractivity contribution is 5.79. The smallest absolute Gasteiger partial charge is 0.278 e. The lowest BCUT2D eigenvalue weighted by molar-refractivity contribution is -0.914. The Morgan fingerprint density at radius 3 is 2.81 bits per heavy atom. The number of nitrogens with one attached hydrogen (secondary N) is 2. The maximum atomic E-state index is 12.5. The van der Waals surface area contributed by atoms with E-state index in [1.165, 1.54) is 41.8 Å². The number of methoxy groups -OCH3 is 1. The quantitative estimate of drug-likeness (QED) is 0.718. The van der Waals surface area contributed by atoms with Gasteiger partial charge < -0.3 is 19.9 Å². The van der Waals surface area contributed by atoms with Crippen LogP contribution in [0.15, 0.2) is 35.9 Å². The number of hydrogen-bond donors (Lipinski definition) is 2. The maximum absolute atomic E-state index is 12.5. The molecule has 0 radical (unpaired) electrons. The summed E-state index contributed by atoms with van der Waals surface area (Å²) < 4.78 is 5.33. The molecule has 0 bridgehead atoms. The fourth-order valence-corrected chi connectivity index (χ4v) is 4.11. The van der Waals surface area contributed by atoms with Crippen molar-refractivity contribution in [3.8, 4) is 5.75 Å². The summed E-state index contributed by atoms with van der Waals surface area (Å²) in [4.78, 5) is 16.3. The number of piperazine rings is 1. The van der Waals surface area contributed by atoms with Crippen molar-refractivity contribution >= 4 is 11.6 Å². The molecule has 1 amide bonds. The number of ether oxygens (including phenoxy) is 1. The summed E-state index contributed by atoms with van der Waals surface area (Å²) in [5.41, 5.74) is 2.72. The Bertz CT molecular complexity index is 651. The molecule has 1 atom stereocenters. The van der Waals surface area contributed by atoms with Crippen LogP contribution in [0.2, 0.25) is 0 Å². The van der Waals surface area contributed by atoms with Crippen LogP contribution in [-0.4, -0.2) is 51.8 Å². The Labute approximate surface area is 163 Å². The lowest BCUT2D eigenvalue weighted by Gasteiger charge is -2.36. The summed E-state index contributed by atoms with van der Waals surface area (Å²) in [5.74, 6) is 1.08. The topological polar surface area (TPSA) is 46.0 Å². The van der Waals surface area contributed by atoms with Crippen LogP contribution in [0.5, 0.6) is 5.75 Å². The highest BCUT2D eigenvalue weighted by Gasteiger charge is 2.29. The molecule has 0 aromatic heterocycles. The largest absolute Gasteiger partial charge is 0.497 e. The fraction of sp³-hybridized carbons (Fsp3) is 0.591. The van der Waals surface area contributed by atoms with Crippen LogP contribution in [0.4, 0.5) is 5.69 Å². The van der Waals surface area contributed by atoms with Gasteiger partial charge in [-0.05, 0) is 51.2 Å². The first-order valence-corrected chi connectivity index (χ1v) is 10.4. The lowest BCUT2D eigenvalue weighted by atomic mass is 9.97. The van der Waals surface area contributed by atoms with Gasteiger partial charge in [0.1, 0.15) is 5.75 Å². The van der Waals surface area contributed by atoms with Crippen molar-refractivity contribution in [1.29, 1.82) is 0 Å². The third-order valence-electron chi connectivity index (χ3n) is 5.96. The van der Waals surface area contributed by atoms with E-state index in [2.05, 4.69) is 35.3 Å². The standard InChI is InChI=1S/C22H33N3O2/c1-18(22(26)23-12-11-19-7-4-3-5-8-19)24-13-15-25(16-14-24)20-9-6-10-21(17-20)27-2/h6-7,9-10,17-18H,3-5,8,11-16H2,1-2H3,(H,23,26)/p+1/t18-/m1/s1. The molecular formula is C22H34N3O2+. The Morgan fingerprint density at radius 1 is 1.30 bits per heavy atom. The minimum Gasteiger partial charge on any atom is -0.497 e. The molecule has 2 N–H and O–H groups in total. The fourth-order valence-electron chi connectivity index (χ4n) is 4.11. The second-order valence-electron chi connectivity index (χ2n) is 7.72. The van der Waals surface area contributed by atoms with Crippen LogP contribution in [0.3, 0.4) is 0 Å². The first kappa shape index (κ1) is 19.7. The first-order valence-electron chi connectivity index (χ1n) is 10.4. The van der Waals surface area contributed by atoms with Gasteiger partial charge in [0.2, 0.25) is 0 Å². The Morgan fingerprint density at radius 2 is 2.11 bits per heavy atom. The number of amides is 1. The second-order valence-corrected chi connectivity index (χ2v) is 7.72. The Hall–Kier alpha value is -2.01. The average molecular weight is 373 g/mol. The number of allylic oxidation sites excluding steroid dienone is 1. The van der Waals surface area contributed by atoms with Gasteiger partial charge >= 0.3 is 0 Å². The number of carbonyl (C=O) groups excluding carboxylic acids is 1. The van der Waals surface area contributed by atoms with Crippen LogP contribution in [0.25, 0.3) is 0 Å². The molecule has 1 heterocycles. The Balaban J connectivity index is 1.42. The van der Waals surface area contributed by atoms with E-state index in [9.17, 15) is 4.79 Å². The van der Waals surface area contributed by atoms with E-state index in [4.69, 9.17) is 4.74 Å². The molecule has 5 heteroatoms. The lowest BCUT2D eigenvalue weighted by Crippen LogP contribution is -3.19. The normalized spacial score (nSPS) is 19.3. The molecule has 1 aliphatic carbocycles. The van der Waals surface area contributed by atoms with E-state index in [0.29, 0.717) is 0 Å². The first-order chi connectivity index (χ1) is 13.2. The molecule has 148 valence electrons. The zero-order valence-corrected chi connectivity index (χ0v) is 16.8. The van der Waals surface area contributed by atoms with Gasteiger partial charge in [-0.15, -0.1) is 0 Å². The van der Waals surface area contributed by atoms with Gasteiger partial charge in [-0.3, -0.25) is 4.79 Å². The summed E-state index contributed by atoms with van der Waals surface area (Å²) >= 11 is 0. The number of carbonyl (C=O) groups is 1. The van der Waals surface area contributed by atoms with Crippen molar-refractivity contribution in [3.05, 3.63) is 35.9 Å². The van der Waals surface area contributed by atoms with Crippen molar-refractivity contribution in [1.82, 2.24) is 5.32 Å². The van der Waals surface area contributed by atoms with Crippen molar-refractivity contribution < 1.29 is 14.4 Å². The third kappa shape index (κ3) is 5.48. The predicted molar refractivity (Wildman–Crippen MR) is 110 cm³/mol. The SMILES string of the molecule is COc1cccc(N2CC[NH+]([C@H](C)C(=O)NCCC3=CCCCC3)CC2)c1. The van der Waals surface area contributed by atoms with Crippen LogP contribution in [0, 0.1) is 0 Å². The summed E-state index contributed by atoms with van der Waals surface area (Å²) in [6.45, 7) is 6.73. The monoisotopic (exact) mass is 372 g/mol. The zero-order valence-electron chi connectivity index (χ0n) is 16.8. The Kier molecular flexibility index (Phi) is 7.16. The molecule has 1 fully saturated rings. The van der Waals surface area contributed by atoms with Gasteiger partial charge in [0.05, 0.1) is 33.3 Å². The van der Waals surface area contributed by atoms with Gasteiger partial charge in [-0.25, -0.2) is 0 Å². The summed E-state index contributed by atoms with van der Waals surface area (Å²) in [5, 5.41) is 3.15. The summed E-state index contributed by atoms with van der Waals surface area (Å²) in [7, 11) is 1.70. The molecule has 0 unspecified atom stereocenters. The van der Waals surface area contributed by atoms with Crippen LogP contribution >= 0.6 is 0 Å². The molecule has 3 rings (SSSR count). The molecule has 0 spiro atoms. The number of nitrogens with zero attached hydrogens (tertiary/aromatic N) is 1. The molecule has 1 aromatic carbocycles. The van der Waals surface area contributed by atoms with Gasteiger partial charge in [-0.2, -0.15) is 0 Å². The third-order valence-corrected chi connectivity index (χ3v) is 5.96. The summed E-state index contributed by atoms with van der Waals surface area (Å²) in [6.07, 6.45) is 8.42. The number of benzene rings is 1. The molecule has 27 heavy (non-hydrogen) atoms. The predicted octanol–water partition coefficient (Wildman–Crippen LogP) is 1.80. The van der Waals surface area contributed by atoms with E-state index >= 15 is 0 Å². The zero-order chi connectivity index (χ0) is 19.1. The molecule has 1 saturated heterocycles. The highest BCUT2D eigenvalue weighted by Crippen LogP contribution is 2.21. The molecule has 2 aliphatic rings. The van der Waals surface area contributed by atoms with Crippen molar-refractivity contribution in [3.63, 3.8) is 0 Å². The molecule has 0 saturated carbocycles. The van der Waals surface area contributed by atoms with Crippen molar-refractivity contribution in [2.24, 2.45) is 0 Å². The minimum atomic E-state index is 0.0118. The van der Waals surface area contributed by atoms with E-state index < -0.39 is 0 Å². The highest BCUT2D eigenvalue weighted by atomic mass is 16.5. The number of hydrogen-bond acceptors (Lipinski definition) is 3. The van der Waals surface area contributed by atoms with Crippen molar-refractivity contribution in [2.75, 3.05) is 44.7 Å². The van der Waals surface area contributed by atoms with Crippen LogP contribution < -0.4 is 19.9 Å². The van der Waals surface area contributed by atoms with E-state index in [1.807, 2.05) is 12.1 Å². The number of quaternary nitrogens is 1. The van der Waals surface area contributed by atoms with Crippen molar-refractivity contribution in [2.45, 2.75) is 45.1 Å². The van der Waals surface area contributed by atoms with Gasteiger partial charge in [0.25, 0.3) is 5.91 Å². The number of anilines is 1. The average Bonchev–Trinajstić information content (AvgIpc) is 2.74. The summed E-state index contributed by atoms with van der Waals surface area (Å²) in [6, 6.07) is 8.23. The molecule has 5 nitrogen and oxygen atoms in total.